The number of carbonyl (C=O) groups excluding carboxylic acids is 1. The summed E-state index contributed by atoms with van der Waals surface area (Å²) in [7, 11) is -4.18. The lowest BCUT2D eigenvalue weighted by Crippen LogP contribution is -2.57. The molecule has 0 atom stereocenters. The molecule has 4 aliphatic carbocycles. The van der Waals surface area contributed by atoms with Crippen molar-refractivity contribution < 1.29 is 31.1 Å². The minimum absolute atomic E-state index is 0.00896. The predicted octanol–water partition coefficient (Wildman–Crippen LogP) is 3.93. The van der Waals surface area contributed by atoms with Crippen molar-refractivity contribution in [2.45, 2.75) is 62.2 Å². The van der Waals surface area contributed by atoms with E-state index in [0.29, 0.717) is 24.7 Å². The number of nitrogens with one attached hydrogen (secondary N) is 1. The Balaban J connectivity index is 1.21. The fourth-order valence-electron chi connectivity index (χ4n) is 6.81. The third-order valence-corrected chi connectivity index (χ3v) is 9.99. The van der Waals surface area contributed by atoms with Gasteiger partial charge >= 0.3 is 6.36 Å². The van der Waals surface area contributed by atoms with Gasteiger partial charge in [-0.05, 0) is 80.8 Å². The van der Waals surface area contributed by atoms with Crippen molar-refractivity contribution in [3.8, 4) is 5.75 Å². The fraction of sp³-hybridized carbons (Fsp3) is 0.696. The first kappa shape index (κ1) is 23.0. The predicted molar refractivity (Wildman–Crippen MR) is 114 cm³/mol. The van der Waals surface area contributed by atoms with E-state index in [0.717, 1.165) is 28.3 Å². The Morgan fingerprint density at radius 2 is 1.55 bits per heavy atom. The monoisotopic (exact) mass is 486 g/mol. The standard InChI is InChI=1S/C23H29F3N2O4S/c24-23(25,26)32-19-3-1-2-4-20(19)33(30,31)28-7-5-16(6-8-28)22(29)27-21-17-10-14-9-15(12-17)13-18(21)11-14/h1-4,14-18,21H,5-13H2,(H,27,29). The SMILES string of the molecule is O=C(NC1C2CC3CC(C2)CC1C3)C1CCN(S(=O)(=O)c2ccccc2OC(F)(F)F)CC1. The quantitative estimate of drug-likeness (QED) is 0.685. The van der Waals surface area contributed by atoms with Crippen molar-refractivity contribution in [2.75, 3.05) is 13.1 Å². The number of alkyl halides is 3. The van der Waals surface area contributed by atoms with E-state index in [-0.39, 0.29) is 31.0 Å². The first-order valence-corrected chi connectivity index (χ1v) is 13.2. The van der Waals surface area contributed by atoms with Crippen molar-refractivity contribution >= 4 is 15.9 Å². The highest BCUT2D eigenvalue weighted by Gasteiger charge is 2.49. The van der Waals surface area contributed by atoms with Crippen LogP contribution in [0, 0.1) is 29.6 Å². The maximum absolute atomic E-state index is 13.0. The van der Waals surface area contributed by atoms with Crippen molar-refractivity contribution in [2.24, 2.45) is 29.6 Å². The molecule has 0 aromatic heterocycles. The molecule has 33 heavy (non-hydrogen) atoms. The highest BCUT2D eigenvalue weighted by molar-refractivity contribution is 7.89. The number of rotatable bonds is 5. The third kappa shape index (κ3) is 4.60. The van der Waals surface area contributed by atoms with E-state index in [4.69, 9.17) is 0 Å². The number of amides is 1. The summed E-state index contributed by atoms with van der Waals surface area (Å²) in [6.45, 7) is 0.172. The van der Waals surface area contributed by atoms with Crippen LogP contribution in [-0.2, 0) is 14.8 Å². The molecule has 1 heterocycles. The number of ether oxygens (including phenoxy) is 1. The van der Waals surface area contributed by atoms with Gasteiger partial charge in [-0.3, -0.25) is 4.79 Å². The summed E-state index contributed by atoms with van der Waals surface area (Å²) in [5.41, 5.74) is 0. The van der Waals surface area contributed by atoms with Crippen LogP contribution in [0.3, 0.4) is 0 Å². The highest BCUT2D eigenvalue weighted by Crippen LogP contribution is 2.53. The molecule has 4 bridgehead atoms. The molecule has 4 saturated carbocycles. The van der Waals surface area contributed by atoms with Crippen molar-refractivity contribution in [1.82, 2.24) is 9.62 Å². The normalized spacial score (nSPS) is 32.6. The fourth-order valence-corrected chi connectivity index (χ4v) is 8.40. The first-order valence-electron chi connectivity index (χ1n) is 11.8. The average molecular weight is 487 g/mol. The lowest BCUT2D eigenvalue weighted by Gasteiger charge is -2.54. The van der Waals surface area contributed by atoms with Crippen LogP contribution < -0.4 is 10.1 Å². The zero-order valence-corrected chi connectivity index (χ0v) is 19.1. The Labute approximate surface area is 191 Å². The smallest absolute Gasteiger partial charge is 0.404 e. The Bertz CT molecular complexity index is 977. The van der Waals surface area contributed by atoms with Gasteiger partial charge in [-0.2, -0.15) is 4.31 Å². The van der Waals surface area contributed by atoms with Crippen LogP contribution in [0.2, 0.25) is 0 Å². The van der Waals surface area contributed by atoms with E-state index in [9.17, 15) is 26.4 Å². The summed E-state index contributed by atoms with van der Waals surface area (Å²) in [6.07, 6.45) is 1.86. The van der Waals surface area contributed by atoms with Gasteiger partial charge in [0.2, 0.25) is 15.9 Å². The second-order valence-corrected chi connectivity index (χ2v) is 12.0. The van der Waals surface area contributed by atoms with Gasteiger partial charge in [0, 0.05) is 25.0 Å². The molecule has 1 aromatic carbocycles. The number of carbonyl (C=O) groups is 1. The number of sulfonamides is 1. The van der Waals surface area contributed by atoms with Gasteiger partial charge in [-0.1, -0.05) is 12.1 Å². The van der Waals surface area contributed by atoms with Crippen LogP contribution in [0.4, 0.5) is 13.2 Å². The summed E-state index contributed by atoms with van der Waals surface area (Å²) in [5, 5.41) is 3.30. The minimum atomic E-state index is -4.99. The molecule has 1 aromatic rings. The molecule has 1 saturated heterocycles. The molecule has 0 spiro atoms. The molecule has 0 unspecified atom stereocenters. The molecule has 5 aliphatic rings. The van der Waals surface area contributed by atoms with Gasteiger partial charge in [0.05, 0.1) is 0 Å². The van der Waals surface area contributed by atoms with Crippen LogP contribution in [-0.4, -0.2) is 44.1 Å². The lowest BCUT2D eigenvalue weighted by molar-refractivity contribution is -0.275. The maximum Gasteiger partial charge on any atom is 0.573 e. The summed E-state index contributed by atoms with van der Waals surface area (Å²) in [5.74, 6) is 1.73. The minimum Gasteiger partial charge on any atom is -0.404 e. The van der Waals surface area contributed by atoms with Crippen molar-refractivity contribution in [3.05, 3.63) is 24.3 Å². The van der Waals surface area contributed by atoms with Crippen LogP contribution in [0.15, 0.2) is 29.2 Å². The van der Waals surface area contributed by atoms with Gasteiger partial charge in [0.1, 0.15) is 10.6 Å². The number of hydrogen-bond acceptors (Lipinski definition) is 4. The highest BCUT2D eigenvalue weighted by atomic mass is 32.2. The molecule has 1 N–H and O–H groups in total. The van der Waals surface area contributed by atoms with E-state index in [1.54, 1.807) is 0 Å². The number of nitrogens with zero attached hydrogens (tertiary/aromatic N) is 1. The lowest BCUT2D eigenvalue weighted by atomic mass is 9.54. The van der Waals surface area contributed by atoms with Gasteiger partial charge in [0.15, 0.2) is 0 Å². The van der Waals surface area contributed by atoms with E-state index in [1.807, 2.05) is 0 Å². The van der Waals surface area contributed by atoms with E-state index in [2.05, 4.69) is 10.1 Å². The largest absolute Gasteiger partial charge is 0.573 e. The molecular formula is C23H29F3N2O4S. The Hall–Kier alpha value is -1.81. The van der Waals surface area contributed by atoms with Gasteiger partial charge in [0.25, 0.3) is 0 Å². The summed E-state index contributed by atoms with van der Waals surface area (Å²) in [4.78, 5) is 12.5. The number of para-hydroxylation sites is 1. The molecule has 0 radical (unpaired) electrons. The molecule has 5 fully saturated rings. The van der Waals surface area contributed by atoms with E-state index >= 15 is 0 Å². The number of piperidine rings is 1. The average Bonchev–Trinajstić information content (AvgIpc) is 2.75. The third-order valence-electron chi connectivity index (χ3n) is 8.05. The molecular weight excluding hydrogens is 457 g/mol. The van der Waals surface area contributed by atoms with Gasteiger partial charge < -0.3 is 10.1 Å². The summed E-state index contributed by atoms with van der Waals surface area (Å²) < 4.78 is 69.3. The Kier molecular flexibility index (Phi) is 5.87. The topological polar surface area (TPSA) is 75.7 Å². The van der Waals surface area contributed by atoms with Crippen LogP contribution in [0.5, 0.6) is 5.75 Å². The molecule has 1 aliphatic heterocycles. The number of hydrogen-bond donors (Lipinski definition) is 1. The molecule has 182 valence electrons. The molecule has 6 rings (SSSR count). The van der Waals surface area contributed by atoms with Crippen LogP contribution in [0.1, 0.15) is 44.9 Å². The first-order chi connectivity index (χ1) is 15.6. The van der Waals surface area contributed by atoms with Crippen LogP contribution in [0.25, 0.3) is 0 Å². The second-order valence-electron chi connectivity index (χ2n) is 10.1. The summed E-state index contributed by atoms with van der Waals surface area (Å²) in [6, 6.07) is 4.99. The molecule has 1 amide bonds. The summed E-state index contributed by atoms with van der Waals surface area (Å²) >= 11 is 0. The van der Waals surface area contributed by atoms with Gasteiger partial charge in [-0.15, -0.1) is 13.2 Å². The van der Waals surface area contributed by atoms with Crippen molar-refractivity contribution in [3.63, 3.8) is 0 Å². The maximum atomic E-state index is 13.0. The number of benzene rings is 1. The van der Waals surface area contributed by atoms with Gasteiger partial charge in [-0.25, -0.2) is 8.42 Å². The Morgan fingerprint density at radius 1 is 0.970 bits per heavy atom. The van der Waals surface area contributed by atoms with E-state index in [1.165, 1.54) is 44.2 Å². The Morgan fingerprint density at radius 3 is 2.12 bits per heavy atom. The van der Waals surface area contributed by atoms with Crippen molar-refractivity contribution in [1.29, 1.82) is 0 Å². The van der Waals surface area contributed by atoms with Crippen LogP contribution >= 0.6 is 0 Å². The number of halogens is 3. The van der Waals surface area contributed by atoms with E-state index < -0.39 is 27.0 Å². The zero-order valence-electron chi connectivity index (χ0n) is 18.3. The molecule has 6 nitrogen and oxygen atoms in total. The molecule has 10 heteroatoms. The zero-order chi connectivity index (χ0) is 23.4. The second kappa shape index (κ2) is 8.45.